The van der Waals surface area contributed by atoms with Gasteiger partial charge in [0.2, 0.25) is 0 Å². The number of anilines is 2. The molecule has 0 aromatic carbocycles. The summed E-state index contributed by atoms with van der Waals surface area (Å²) in [6.45, 7) is 4.84. The molecule has 5 rings (SSSR count). The molecule has 8 nitrogen and oxygen atoms in total. The summed E-state index contributed by atoms with van der Waals surface area (Å²) in [4.78, 5) is 27.0. The molecule has 156 valence electrons. The lowest BCUT2D eigenvalue weighted by molar-refractivity contribution is 0.0942. The van der Waals surface area contributed by atoms with Gasteiger partial charge < -0.3 is 19.8 Å². The second-order valence-corrected chi connectivity index (χ2v) is 8.65. The molecule has 1 aliphatic carbocycles. The van der Waals surface area contributed by atoms with Gasteiger partial charge in [-0.15, -0.1) is 11.3 Å². The van der Waals surface area contributed by atoms with Crippen molar-refractivity contribution in [3.05, 3.63) is 29.2 Å². The van der Waals surface area contributed by atoms with E-state index < -0.39 is 0 Å². The van der Waals surface area contributed by atoms with Gasteiger partial charge in [0.1, 0.15) is 16.9 Å². The summed E-state index contributed by atoms with van der Waals surface area (Å²) >= 11 is 1.57. The summed E-state index contributed by atoms with van der Waals surface area (Å²) in [7, 11) is 1.97. The van der Waals surface area contributed by atoms with Crippen LogP contribution >= 0.6 is 11.3 Å². The normalized spacial score (nSPS) is 14.0. The Balaban J connectivity index is 1.64. The minimum atomic E-state index is -0.0358. The number of hydrogen-bond acceptors (Lipinski definition) is 6. The van der Waals surface area contributed by atoms with Gasteiger partial charge >= 0.3 is 0 Å². The van der Waals surface area contributed by atoms with Crippen molar-refractivity contribution in [3.63, 3.8) is 0 Å². The van der Waals surface area contributed by atoms with Crippen LogP contribution in [0, 0.1) is 0 Å². The molecule has 0 radical (unpaired) electrons. The molecule has 4 aromatic heterocycles. The number of carbonyl (C=O) groups excluding carboxylic acids is 1. The van der Waals surface area contributed by atoms with Crippen molar-refractivity contribution in [2.75, 3.05) is 5.32 Å². The van der Waals surface area contributed by atoms with Crippen LogP contribution in [0.5, 0.6) is 0 Å². The SMILES string of the molecule is CCCc1csc(Nc2nc3c(cc(C(=O)NC4CC4)n3CC)c3c2ncn3C)n1. The lowest BCUT2D eigenvalue weighted by Crippen LogP contribution is -2.27. The van der Waals surface area contributed by atoms with E-state index in [2.05, 4.69) is 32.9 Å². The van der Waals surface area contributed by atoms with Crippen molar-refractivity contribution >= 4 is 50.3 Å². The first kappa shape index (κ1) is 19.0. The second-order valence-electron chi connectivity index (χ2n) is 7.79. The van der Waals surface area contributed by atoms with E-state index in [9.17, 15) is 4.79 Å². The molecule has 1 fully saturated rings. The quantitative estimate of drug-likeness (QED) is 0.469. The number of nitrogens with zero attached hydrogens (tertiary/aromatic N) is 5. The molecule has 9 heteroatoms. The van der Waals surface area contributed by atoms with Crippen LogP contribution in [-0.2, 0) is 20.0 Å². The molecule has 4 aromatic rings. The van der Waals surface area contributed by atoms with E-state index in [-0.39, 0.29) is 5.91 Å². The van der Waals surface area contributed by atoms with Gasteiger partial charge in [0, 0.05) is 30.4 Å². The Hall–Kier alpha value is -2.94. The number of amides is 1. The number of pyridine rings is 1. The van der Waals surface area contributed by atoms with Crippen molar-refractivity contribution in [1.29, 1.82) is 0 Å². The summed E-state index contributed by atoms with van der Waals surface area (Å²) in [6, 6.07) is 2.25. The fourth-order valence-electron chi connectivity index (χ4n) is 3.83. The Morgan fingerprint density at radius 2 is 2.13 bits per heavy atom. The highest BCUT2D eigenvalue weighted by molar-refractivity contribution is 7.13. The third kappa shape index (κ3) is 3.23. The van der Waals surface area contributed by atoms with Crippen molar-refractivity contribution < 1.29 is 4.79 Å². The lowest BCUT2D eigenvalue weighted by Gasteiger charge is -2.09. The molecule has 30 heavy (non-hydrogen) atoms. The van der Waals surface area contributed by atoms with E-state index in [0.29, 0.717) is 24.1 Å². The number of carbonyl (C=O) groups is 1. The van der Waals surface area contributed by atoms with Crippen LogP contribution in [0.1, 0.15) is 49.3 Å². The minimum Gasteiger partial charge on any atom is -0.348 e. The van der Waals surface area contributed by atoms with Gasteiger partial charge in [0.25, 0.3) is 5.91 Å². The molecule has 1 amide bonds. The standard InChI is InChI=1S/C21H25N7OS/c1-4-6-13-10-30-21(24-13)26-18-16-17(27(3)11-22-16)14-9-15(20(29)23-12-7-8-12)28(5-2)19(14)25-18/h9-12H,4-8H2,1-3H3,(H,23,29)(H,24,25,26). The summed E-state index contributed by atoms with van der Waals surface area (Å²) in [5.41, 5.74) is 4.24. The summed E-state index contributed by atoms with van der Waals surface area (Å²) in [5, 5.41) is 10.3. The summed E-state index contributed by atoms with van der Waals surface area (Å²) in [6.07, 6.45) is 5.93. The molecule has 0 atom stereocenters. The van der Waals surface area contributed by atoms with Crippen molar-refractivity contribution in [2.45, 2.75) is 52.1 Å². The maximum atomic E-state index is 12.8. The fourth-order valence-corrected chi connectivity index (χ4v) is 4.58. The van der Waals surface area contributed by atoms with E-state index in [1.54, 1.807) is 17.7 Å². The molecule has 0 spiro atoms. The van der Waals surface area contributed by atoms with E-state index in [0.717, 1.165) is 58.6 Å². The van der Waals surface area contributed by atoms with E-state index in [4.69, 9.17) is 4.98 Å². The number of nitrogens with one attached hydrogen (secondary N) is 2. The van der Waals surface area contributed by atoms with E-state index >= 15 is 0 Å². The van der Waals surface area contributed by atoms with Crippen LogP contribution in [0.4, 0.5) is 10.9 Å². The number of aromatic nitrogens is 5. The monoisotopic (exact) mass is 423 g/mol. The highest BCUT2D eigenvalue weighted by Gasteiger charge is 2.27. The Morgan fingerprint density at radius 1 is 1.30 bits per heavy atom. The zero-order chi connectivity index (χ0) is 20.8. The second kappa shape index (κ2) is 7.39. The van der Waals surface area contributed by atoms with Crippen molar-refractivity contribution in [1.82, 2.24) is 29.4 Å². The third-order valence-corrected chi connectivity index (χ3v) is 6.25. The first-order valence-corrected chi connectivity index (χ1v) is 11.3. The van der Waals surface area contributed by atoms with Crippen molar-refractivity contribution in [2.24, 2.45) is 7.05 Å². The van der Waals surface area contributed by atoms with Gasteiger partial charge in [0.15, 0.2) is 10.9 Å². The molecular weight excluding hydrogens is 398 g/mol. The molecule has 2 N–H and O–H groups in total. The predicted molar refractivity (Wildman–Crippen MR) is 120 cm³/mol. The van der Waals surface area contributed by atoms with E-state index in [1.165, 1.54) is 0 Å². The highest BCUT2D eigenvalue weighted by atomic mass is 32.1. The molecule has 0 saturated heterocycles. The number of fused-ring (bicyclic) bond motifs is 3. The minimum absolute atomic E-state index is 0.0358. The van der Waals surface area contributed by atoms with Crippen LogP contribution < -0.4 is 10.6 Å². The number of thiazole rings is 1. The topological polar surface area (TPSA) is 89.7 Å². The van der Waals surface area contributed by atoms with Crippen molar-refractivity contribution in [3.8, 4) is 0 Å². The first-order valence-electron chi connectivity index (χ1n) is 10.5. The molecule has 0 aliphatic heterocycles. The van der Waals surface area contributed by atoms with Crippen LogP contribution in [0.3, 0.4) is 0 Å². The van der Waals surface area contributed by atoms with Gasteiger partial charge in [-0.1, -0.05) is 13.3 Å². The zero-order valence-corrected chi connectivity index (χ0v) is 18.2. The van der Waals surface area contributed by atoms with Gasteiger partial charge in [-0.3, -0.25) is 4.79 Å². The third-order valence-electron chi connectivity index (χ3n) is 5.45. The number of imidazole rings is 1. The van der Waals surface area contributed by atoms with E-state index in [1.807, 2.05) is 29.2 Å². The highest BCUT2D eigenvalue weighted by Crippen LogP contribution is 2.33. The Morgan fingerprint density at radius 3 is 2.87 bits per heavy atom. The summed E-state index contributed by atoms with van der Waals surface area (Å²) < 4.78 is 3.96. The Bertz CT molecular complexity index is 1250. The number of aryl methyl sites for hydroxylation is 3. The zero-order valence-electron chi connectivity index (χ0n) is 17.4. The lowest BCUT2D eigenvalue weighted by atomic mass is 10.2. The molecule has 4 heterocycles. The number of hydrogen-bond donors (Lipinski definition) is 2. The first-order chi connectivity index (χ1) is 14.6. The largest absolute Gasteiger partial charge is 0.348 e. The van der Waals surface area contributed by atoms with Crippen LogP contribution in [0.2, 0.25) is 0 Å². The van der Waals surface area contributed by atoms with Gasteiger partial charge in [-0.05, 0) is 32.3 Å². The average molecular weight is 424 g/mol. The van der Waals surface area contributed by atoms with Crippen LogP contribution in [0.15, 0.2) is 17.8 Å². The molecule has 1 saturated carbocycles. The number of rotatable bonds is 7. The van der Waals surface area contributed by atoms with Gasteiger partial charge in [-0.2, -0.15) is 0 Å². The van der Waals surface area contributed by atoms with Gasteiger partial charge in [-0.25, -0.2) is 15.0 Å². The Labute approximate surface area is 178 Å². The van der Waals surface area contributed by atoms with Gasteiger partial charge in [0.05, 0.1) is 17.5 Å². The average Bonchev–Trinajstić information content (AvgIpc) is 3.11. The predicted octanol–water partition coefficient (Wildman–Crippen LogP) is 3.99. The molecule has 0 bridgehead atoms. The maximum absolute atomic E-state index is 12.8. The smallest absolute Gasteiger partial charge is 0.268 e. The fraction of sp³-hybridized carbons (Fsp3) is 0.429. The summed E-state index contributed by atoms with van der Waals surface area (Å²) in [5.74, 6) is 0.628. The maximum Gasteiger partial charge on any atom is 0.268 e. The molecular formula is C21H25N7OS. The Kier molecular flexibility index (Phi) is 4.69. The molecule has 1 aliphatic rings. The van der Waals surface area contributed by atoms with Crippen LogP contribution in [0.25, 0.3) is 22.1 Å². The molecule has 0 unspecified atom stereocenters. The van der Waals surface area contributed by atoms with Crippen LogP contribution in [-0.4, -0.2) is 36.0 Å².